The Bertz CT molecular complexity index is 290. The van der Waals surface area contributed by atoms with Crippen molar-refractivity contribution in [1.29, 1.82) is 0 Å². The molecule has 2 fully saturated rings. The highest BCUT2D eigenvalue weighted by Gasteiger charge is 2.36. The third kappa shape index (κ3) is 3.22. The molecule has 5 heteroatoms. The van der Waals surface area contributed by atoms with E-state index in [1.807, 2.05) is 6.92 Å². The topological polar surface area (TPSA) is 70.6 Å². The molecule has 1 aliphatic carbocycles. The number of carbonyl (C=O) groups excluding carboxylic acids is 1. The van der Waals surface area contributed by atoms with Gasteiger partial charge >= 0.3 is 0 Å². The summed E-state index contributed by atoms with van der Waals surface area (Å²) in [5.74, 6) is -0.131. The summed E-state index contributed by atoms with van der Waals surface area (Å²) in [5.41, 5.74) is -0.678. The van der Waals surface area contributed by atoms with Crippen molar-refractivity contribution in [3.8, 4) is 0 Å². The molecule has 104 valence electrons. The Morgan fingerprint density at radius 2 is 2.11 bits per heavy atom. The van der Waals surface area contributed by atoms with Gasteiger partial charge in [0.25, 0.3) is 0 Å². The van der Waals surface area contributed by atoms with Crippen molar-refractivity contribution in [2.24, 2.45) is 5.92 Å². The second-order valence-corrected chi connectivity index (χ2v) is 5.46. The van der Waals surface area contributed by atoms with E-state index < -0.39 is 5.60 Å². The van der Waals surface area contributed by atoms with Gasteiger partial charge in [-0.05, 0) is 19.4 Å². The predicted molar refractivity (Wildman–Crippen MR) is 68.2 cm³/mol. The van der Waals surface area contributed by atoms with Gasteiger partial charge in [0.15, 0.2) is 0 Å². The molecule has 2 rings (SSSR count). The molecule has 0 aromatic carbocycles. The molecule has 2 unspecified atom stereocenters. The van der Waals surface area contributed by atoms with Gasteiger partial charge in [0, 0.05) is 12.6 Å². The molecule has 0 spiro atoms. The van der Waals surface area contributed by atoms with Crippen molar-refractivity contribution in [3.63, 3.8) is 0 Å². The molecule has 5 nitrogen and oxygen atoms in total. The summed E-state index contributed by atoms with van der Waals surface area (Å²) >= 11 is 0. The minimum atomic E-state index is -0.678. The number of nitrogens with one attached hydrogen (secondary N) is 2. The van der Waals surface area contributed by atoms with E-state index in [0.29, 0.717) is 19.8 Å². The second kappa shape index (κ2) is 5.99. The van der Waals surface area contributed by atoms with E-state index in [1.165, 1.54) is 0 Å². The monoisotopic (exact) mass is 256 g/mol. The quantitative estimate of drug-likeness (QED) is 0.649. The SMILES string of the molecule is CCNC1COCC1C(=O)NCC1(O)CCCC1. The van der Waals surface area contributed by atoms with E-state index in [0.717, 1.165) is 32.2 Å². The molecule has 1 saturated heterocycles. The highest BCUT2D eigenvalue weighted by molar-refractivity contribution is 5.80. The van der Waals surface area contributed by atoms with Crippen molar-refractivity contribution in [1.82, 2.24) is 10.6 Å². The fourth-order valence-corrected chi connectivity index (χ4v) is 2.87. The lowest BCUT2D eigenvalue weighted by Crippen LogP contribution is -2.48. The number of rotatable bonds is 5. The van der Waals surface area contributed by atoms with Gasteiger partial charge < -0.3 is 20.5 Å². The van der Waals surface area contributed by atoms with Crippen LogP contribution in [0.3, 0.4) is 0 Å². The zero-order valence-corrected chi connectivity index (χ0v) is 11.1. The van der Waals surface area contributed by atoms with E-state index in [2.05, 4.69) is 10.6 Å². The molecule has 1 heterocycles. The van der Waals surface area contributed by atoms with Gasteiger partial charge in [0.1, 0.15) is 0 Å². The van der Waals surface area contributed by atoms with E-state index in [4.69, 9.17) is 4.74 Å². The Hall–Kier alpha value is -0.650. The smallest absolute Gasteiger partial charge is 0.227 e. The maximum Gasteiger partial charge on any atom is 0.227 e. The molecule has 1 aliphatic heterocycles. The van der Waals surface area contributed by atoms with Gasteiger partial charge in [0.05, 0.1) is 24.7 Å². The van der Waals surface area contributed by atoms with Gasteiger partial charge in [0.2, 0.25) is 5.91 Å². The number of carbonyl (C=O) groups is 1. The van der Waals surface area contributed by atoms with Crippen LogP contribution in [0.15, 0.2) is 0 Å². The lowest BCUT2D eigenvalue weighted by molar-refractivity contribution is -0.126. The molecule has 2 atom stereocenters. The standard InChI is InChI=1S/C13H24N2O3/c1-2-14-11-8-18-7-10(11)12(16)15-9-13(17)5-3-4-6-13/h10-11,14,17H,2-9H2,1H3,(H,15,16). The third-order valence-corrected chi connectivity index (χ3v) is 4.01. The lowest BCUT2D eigenvalue weighted by Gasteiger charge is -2.24. The molecule has 1 amide bonds. The summed E-state index contributed by atoms with van der Waals surface area (Å²) < 4.78 is 5.35. The molecule has 0 aromatic heterocycles. The van der Waals surface area contributed by atoms with E-state index in [1.54, 1.807) is 0 Å². The Kier molecular flexibility index (Phi) is 4.59. The van der Waals surface area contributed by atoms with Crippen LogP contribution in [0, 0.1) is 5.92 Å². The summed E-state index contributed by atoms with van der Waals surface area (Å²) in [6.45, 7) is 4.30. The minimum Gasteiger partial charge on any atom is -0.388 e. The number of aliphatic hydroxyl groups is 1. The summed E-state index contributed by atoms with van der Waals surface area (Å²) in [6.07, 6.45) is 3.70. The fourth-order valence-electron chi connectivity index (χ4n) is 2.87. The number of hydrogen-bond donors (Lipinski definition) is 3. The summed E-state index contributed by atoms with van der Waals surface area (Å²) in [6, 6.07) is 0.105. The van der Waals surface area contributed by atoms with E-state index >= 15 is 0 Å². The van der Waals surface area contributed by atoms with Crippen LogP contribution in [0.5, 0.6) is 0 Å². The zero-order chi connectivity index (χ0) is 13.0. The molecular weight excluding hydrogens is 232 g/mol. The summed E-state index contributed by atoms with van der Waals surface area (Å²) in [7, 11) is 0. The normalized spacial score (nSPS) is 30.6. The van der Waals surface area contributed by atoms with Crippen LogP contribution < -0.4 is 10.6 Å². The molecule has 1 saturated carbocycles. The Labute approximate surface area is 108 Å². The Balaban J connectivity index is 1.80. The van der Waals surface area contributed by atoms with Crippen molar-refractivity contribution >= 4 is 5.91 Å². The molecule has 0 aromatic rings. The van der Waals surface area contributed by atoms with E-state index in [9.17, 15) is 9.90 Å². The maximum absolute atomic E-state index is 12.1. The minimum absolute atomic E-state index is 0.00113. The molecule has 3 N–H and O–H groups in total. The highest BCUT2D eigenvalue weighted by atomic mass is 16.5. The van der Waals surface area contributed by atoms with Crippen LogP contribution in [-0.4, -0.2) is 49.0 Å². The van der Waals surface area contributed by atoms with Crippen LogP contribution in [0.4, 0.5) is 0 Å². The fraction of sp³-hybridized carbons (Fsp3) is 0.923. The van der Waals surface area contributed by atoms with Gasteiger partial charge in [-0.1, -0.05) is 19.8 Å². The highest BCUT2D eigenvalue weighted by Crippen LogP contribution is 2.28. The van der Waals surface area contributed by atoms with Gasteiger partial charge in [-0.15, -0.1) is 0 Å². The van der Waals surface area contributed by atoms with Crippen LogP contribution in [0.2, 0.25) is 0 Å². The summed E-state index contributed by atoms with van der Waals surface area (Å²) in [4.78, 5) is 12.1. The van der Waals surface area contributed by atoms with Gasteiger partial charge in [-0.2, -0.15) is 0 Å². The predicted octanol–water partition coefficient (Wildman–Crippen LogP) is 0.0322. The van der Waals surface area contributed by atoms with Crippen LogP contribution in [0.25, 0.3) is 0 Å². The second-order valence-electron chi connectivity index (χ2n) is 5.46. The molecular formula is C13H24N2O3. The number of amides is 1. The number of ether oxygens (including phenoxy) is 1. The first-order valence-corrected chi connectivity index (χ1v) is 6.96. The first kappa shape index (κ1) is 13.8. The first-order chi connectivity index (χ1) is 8.64. The van der Waals surface area contributed by atoms with Crippen molar-refractivity contribution in [2.45, 2.75) is 44.2 Å². The Morgan fingerprint density at radius 3 is 2.78 bits per heavy atom. The van der Waals surface area contributed by atoms with Crippen molar-refractivity contribution in [3.05, 3.63) is 0 Å². The van der Waals surface area contributed by atoms with Crippen LogP contribution in [-0.2, 0) is 9.53 Å². The largest absolute Gasteiger partial charge is 0.388 e. The zero-order valence-electron chi connectivity index (χ0n) is 11.1. The molecule has 0 radical (unpaired) electrons. The average molecular weight is 256 g/mol. The lowest BCUT2D eigenvalue weighted by atomic mass is 10.00. The maximum atomic E-state index is 12.1. The number of hydrogen-bond acceptors (Lipinski definition) is 4. The van der Waals surface area contributed by atoms with Crippen molar-refractivity contribution in [2.75, 3.05) is 26.3 Å². The van der Waals surface area contributed by atoms with Crippen LogP contribution >= 0.6 is 0 Å². The molecule has 0 bridgehead atoms. The van der Waals surface area contributed by atoms with E-state index in [-0.39, 0.29) is 17.9 Å². The van der Waals surface area contributed by atoms with Gasteiger partial charge in [-0.25, -0.2) is 0 Å². The Morgan fingerprint density at radius 1 is 1.39 bits per heavy atom. The molecule has 2 aliphatic rings. The first-order valence-electron chi connectivity index (χ1n) is 6.96. The summed E-state index contributed by atoms with van der Waals surface area (Å²) in [5, 5.41) is 16.3. The average Bonchev–Trinajstić information content (AvgIpc) is 2.97. The third-order valence-electron chi connectivity index (χ3n) is 4.01. The van der Waals surface area contributed by atoms with Crippen molar-refractivity contribution < 1.29 is 14.6 Å². The molecule has 18 heavy (non-hydrogen) atoms. The van der Waals surface area contributed by atoms with Crippen LogP contribution in [0.1, 0.15) is 32.6 Å². The number of likely N-dealkylation sites (N-methyl/N-ethyl adjacent to an activating group) is 1. The van der Waals surface area contributed by atoms with Gasteiger partial charge in [-0.3, -0.25) is 4.79 Å².